The van der Waals surface area contributed by atoms with E-state index in [0.29, 0.717) is 10.9 Å². The summed E-state index contributed by atoms with van der Waals surface area (Å²) in [4.78, 5) is 15.2. The van der Waals surface area contributed by atoms with E-state index in [0.717, 1.165) is 0 Å². The lowest BCUT2D eigenvalue weighted by Gasteiger charge is -2.08. The van der Waals surface area contributed by atoms with Crippen LogP contribution in [-0.4, -0.2) is 35.3 Å². The molecule has 0 aliphatic carbocycles. The normalized spacial score (nSPS) is 10.2. The second-order valence-electron chi connectivity index (χ2n) is 2.75. The molecule has 0 spiro atoms. The molecular weight excluding hydrogens is 222 g/mol. The molecule has 10 heteroatoms. The molecule has 0 amide bonds. The molecule has 0 fully saturated rings. The Morgan fingerprint density at radius 2 is 0.875 bits per heavy atom. The largest absolute Gasteiger partial charge is 0.554 e. The highest BCUT2D eigenvalue weighted by Gasteiger charge is 2.25. The zero-order valence-electron chi connectivity index (χ0n) is 7.89. The minimum Gasteiger partial charge on any atom is -0.264 e. The quantitative estimate of drug-likeness (QED) is 0.280. The maximum atomic E-state index is 8.34. The van der Waals surface area contributed by atoms with Gasteiger partial charge in [0.15, 0.2) is 0 Å². The van der Waals surface area contributed by atoms with Gasteiger partial charge in [0, 0.05) is 0 Å². The Balaban J connectivity index is 2.81. The van der Waals surface area contributed by atoms with Crippen molar-refractivity contribution in [3.63, 3.8) is 0 Å². The average Bonchev–Trinajstić information content (AvgIpc) is 2.34. The van der Waals surface area contributed by atoms with Crippen molar-refractivity contribution in [2.45, 2.75) is 0 Å². The Morgan fingerprint density at radius 3 is 1.06 bits per heavy atom. The molecule has 86 valence electrons. The van der Waals surface area contributed by atoms with Gasteiger partial charge in [0.2, 0.25) is 0 Å². The van der Waals surface area contributed by atoms with Crippen LogP contribution in [0.5, 0.6) is 0 Å². The molecule has 16 heavy (non-hydrogen) atoms. The van der Waals surface area contributed by atoms with E-state index < -0.39 is 14.2 Å². The molecule has 0 unspecified atom stereocenters. The Labute approximate surface area is 90.6 Å². The van der Waals surface area contributed by atoms with Crippen molar-refractivity contribution in [1.29, 1.82) is 0 Å². The topological polar surface area (TPSA) is 118 Å². The summed E-state index contributed by atoms with van der Waals surface area (Å²) >= 11 is 0. The predicted octanol–water partition coefficient (Wildman–Crippen LogP) is -0.965. The molecule has 0 atom stereocenters. The Kier molecular flexibility index (Phi) is 5.38. The van der Waals surface area contributed by atoms with Crippen molar-refractivity contribution in [3.05, 3.63) is 24.3 Å². The van der Waals surface area contributed by atoms with Gasteiger partial charge in [0.25, 0.3) is 0 Å². The van der Waals surface area contributed by atoms with Gasteiger partial charge in [-0.05, 0) is 10.9 Å². The van der Waals surface area contributed by atoms with Crippen LogP contribution in [0, 0.1) is 0 Å². The van der Waals surface area contributed by atoms with Gasteiger partial charge in [-0.25, -0.2) is 0 Å². The molecule has 1 rings (SSSR count). The van der Waals surface area contributed by atoms with Gasteiger partial charge in [-0.1, -0.05) is 24.3 Å². The Hall–Kier alpha value is -0.970. The average molecular weight is 230 g/mol. The van der Waals surface area contributed by atoms with Crippen LogP contribution in [0.15, 0.2) is 24.3 Å². The number of benzene rings is 1. The van der Waals surface area contributed by atoms with E-state index in [-0.39, 0.29) is 0 Å². The highest BCUT2D eigenvalue weighted by atomic mass is 17.2. The van der Waals surface area contributed by atoms with E-state index in [2.05, 4.69) is 19.2 Å². The van der Waals surface area contributed by atoms with E-state index in [1.54, 1.807) is 0 Å². The van der Waals surface area contributed by atoms with Crippen molar-refractivity contribution >= 4 is 25.2 Å². The molecule has 4 N–H and O–H groups in total. The maximum Gasteiger partial charge on any atom is 0.554 e. The number of hydrogen-bond acceptors (Lipinski definition) is 8. The number of rotatable bonds is 6. The summed E-state index contributed by atoms with van der Waals surface area (Å²) in [6, 6.07) is 5.55. The van der Waals surface area contributed by atoms with Crippen LogP contribution in [0.4, 0.5) is 0 Å². The van der Waals surface area contributed by atoms with Crippen LogP contribution in [-0.2, 0) is 19.2 Å². The standard InChI is InChI=1S/C6H8B2O8/c9-13-7(14-10)5-1-2-6(4-3-5)8(15-11)16-12/h1-4,9-12H. The smallest absolute Gasteiger partial charge is 0.264 e. The van der Waals surface area contributed by atoms with Crippen molar-refractivity contribution < 1.29 is 40.2 Å². The van der Waals surface area contributed by atoms with Crippen LogP contribution in [0.3, 0.4) is 0 Å². The molecule has 0 saturated heterocycles. The first-order valence-corrected chi connectivity index (χ1v) is 4.07. The van der Waals surface area contributed by atoms with Crippen molar-refractivity contribution in [1.82, 2.24) is 0 Å². The van der Waals surface area contributed by atoms with E-state index >= 15 is 0 Å². The highest BCUT2D eigenvalue weighted by molar-refractivity contribution is 6.62. The van der Waals surface area contributed by atoms with Crippen LogP contribution in [0.2, 0.25) is 0 Å². The summed E-state index contributed by atoms with van der Waals surface area (Å²) in [6.45, 7) is 0. The third kappa shape index (κ3) is 3.01. The summed E-state index contributed by atoms with van der Waals surface area (Å²) in [6.07, 6.45) is 0. The maximum absolute atomic E-state index is 8.34. The summed E-state index contributed by atoms with van der Waals surface area (Å²) in [5.41, 5.74) is 0.590. The van der Waals surface area contributed by atoms with E-state index in [9.17, 15) is 0 Å². The second kappa shape index (κ2) is 6.58. The predicted molar refractivity (Wildman–Crippen MR) is 52.1 cm³/mol. The monoisotopic (exact) mass is 230 g/mol. The van der Waals surface area contributed by atoms with Gasteiger partial charge in [0.1, 0.15) is 0 Å². The van der Waals surface area contributed by atoms with Crippen molar-refractivity contribution in [3.8, 4) is 0 Å². The molecule has 1 aromatic rings. The molecule has 8 nitrogen and oxygen atoms in total. The summed E-state index contributed by atoms with van der Waals surface area (Å²) in [5.74, 6) is 0. The first kappa shape index (κ1) is 13.1. The highest BCUT2D eigenvalue weighted by Crippen LogP contribution is 1.92. The van der Waals surface area contributed by atoms with E-state index in [1.165, 1.54) is 24.3 Å². The third-order valence-electron chi connectivity index (χ3n) is 1.86. The molecule has 0 bridgehead atoms. The fraction of sp³-hybridized carbons (Fsp3) is 0. The molecule has 0 heterocycles. The molecular formula is C6H8B2O8. The van der Waals surface area contributed by atoms with Crippen LogP contribution in [0.25, 0.3) is 0 Å². The Bertz CT molecular complexity index is 267. The lowest BCUT2D eigenvalue weighted by molar-refractivity contribution is -0.221. The molecule has 1 aromatic carbocycles. The lowest BCUT2D eigenvalue weighted by Crippen LogP contribution is -2.39. The minimum absolute atomic E-state index is 0.295. The van der Waals surface area contributed by atoms with E-state index in [4.69, 9.17) is 21.0 Å². The van der Waals surface area contributed by atoms with Crippen LogP contribution >= 0.6 is 0 Å². The Morgan fingerprint density at radius 1 is 0.625 bits per heavy atom. The summed E-state index contributed by atoms with van der Waals surface area (Å²) in [5, 5.41) is 33.3. The van der Waals surface area contributed by atoms with Gasteiger partial charge in [0.05, 0.1) is 0 Å². The minimum atomic E-state index is -1.35. The fourth-order valence-corrected chi connectivity index (χ4v) is 1.09. The van der Waals surface area contributed by atoms with Crippen molar-refractivity contribution in [2.24, 2.45) is 0 Å². The molecule has 0 aromatic heterocycles. The summed E-state index contributed by atoms with van der Waals surface area (Å²) < 4.78 is 0. The van der Waals surface area contributed by atoms with Gasteiger partial charge >= 0.3 is 14.2 Å². The van der Waals surface area contributed by atoms with Gasteiger partial charge in [-0.3, -0.25) is 40.2 Å². The van der Waals surface area contributed by atoms with Gasteiger partial charge in [-0.15, -0.1) is 0 Å². The molecule has 0 saturated carbocycles. The molecule has 0 radical (unpaired) electrons. The fourth-order valence-electron chi connectivity index (χ4n) is 1.09. The second-order valence-corrected chi connectivity index (χ2v) is 2.75. The van der Waals surface area contributed by atoms with Crippen molar-refractivity contribution in [2.75, 3.05) is 0 Å². The zero-order valence-corrected chi connectivity index (χ0v) is 7.89. The zero-order chi connectivity index (χ0) is 12.0. The van der Waals surface area contributed by atoms with Crippen LogP contribution in [0.1, 0.15) is 0 Å². The van der Waals surface area contributed by atoms with Gasteiger partial charge in [-0.2, -0.15) is 0 Å². The van der Waals surface area contributed by atoms with E-state index in [1.807, 2.05) is 0 Å². The van der Waals surface area contributed by atoms with Crippen LogP contribution < -0.4 is 10.9 Å². The van der Waals surface area contributed by atoms with Gasteiger partial charge < -0.3 is 0 Å². The third-order valence-corrected chi connectivity index (χ3v) is 1.86. The first-order chi connectivity index (χ1) is 7.76. The number of hydrogen-bond donors (Lipinski definition) is 4. The lowest BCUT2D eigenvalue weighted by atomic mass is 9.74. The summed E-state index contributed by atoms with van der Waals surface area (Å²) in [7, 11) is -2.70. The molecule has 0 aliphatic heterocycles. The molecule has 0 aliphatic rings. The SMILES string of the molecule is OOB(OO)c1ccc(B(OO)OO)cc1. The first-order valence-electron chi connectivity index (χ1n) is 4.07.